The molecule has 0 bridgehead atoms. The standard InChI is InChI=1S/C8H21O3Si3/c1-12-8-6-7-9-13(2,3)11-14(4,5)10-12/h6-8H2,1-5H3. The maximum absolute atomic E-state index is 6.08. The third-order valence-electron chi connectivity index (χ3n) is 2.03. The Labute approximate surface area is 91.0 Å². The van der Waals surface area contributed by atoms with E-state index in [1.807, 2.05) is 0 Å². The van der Waals surface area contributed by atoms with Gasteiger partial charge < -0.3 is 12.7 Å². The highest BCUT2D eigenvalue weighted by molar-refractivity contribution is 6.82. The van der Waals surface area contributed by atoms with Crippen molar-refractivity contribution in [3.63, 3.8) is 0 Å². The molecule has 6 heteroatoms. The smallest absolute Gasteiger partial charge is 0.322 e. The molecule has 1 aliphatic rings. The first kappa shape index (κ1) is 12.6. The Morgan fingerprint density at radius 1 is 1.07 bits per heavy atom. The van der Waals surface area contributed by atoms with Crippen LogP contribution in [0.4, 0.5) is 0 Å². The second kappa shape index (κ2) is 4.58. The molecule has 0 aromatic carbocycles. The van der Waals surface area contributed by atoms with Crippen LogP contribution in [0.2, 0.25) is 38.8 Å². The zero-order chi connectivity index (χ0) is 10.8. The van der Waals surface area contributed by atoms with Gasteiger partial charge in [0.2, 0.25) is 0 Å². The Balaban J connectivity index is 2.67. The number of hydrogen-bond acceptors (Lipinski definition) is 3. The minimum Gasteiger partial charge on any atom is -0.436 e. The normalized spacial score (nSPS) is 28.9. The van der Waals surface area contributed by atoms with Crippen LogP contribution in [-0.4, -0.2) is 32.8 Å². The van der Waals surface area contributed by atoms with Crippen LogP contribution >= 0.6 is 0 Å². The second-order valence-electron chi connectivity index (χ2n) is 4.66. The van der Waals surface area contributed by atoms with Crippen molar-refractivity contribution in [2.45, 2.75) is 45.2 Å². The first-order valence-corrected chi connectivity index (χ1v) is 12.9. The van der Waals surface area contributed by atoms with Gasteiger partial charge in [-0.05, 0) is 45.2 Å². The van der Waals surface area contributed by atoms with Crippen molar-refractivity contribution < 1.29 is 12.7 Å². The molecule has 3 nitrogen and oxygen atoms in total. The second-order valence-corrected chi connectivity index (χ2v) is 14.1. The summed E-state index contributed by atoms with van der Waals surface area (Å²) in [6.07, 6.45) is 1.12. The van der Waals surface area contributed by atoms with E-state index >= 15 is 0 Å². The van der Waals surface area contributed by atoms with E-state index in [0.29, 0.717) is 0 Å². The molecule has 0 aliphatic carbocycles. The van der Waals surface area contributed by atoms with Gasteiger partial charge in [0.1, 0.15) is 0 Å². The Hall–Kier alpha value is 0.531. The lowest BCUT2D eigenvalue weighted by Crippen LogP contribution is -2.49. The zero-order valence-electron chi connectivity index (χ0n) is 9.85. The fraction of sp³-hybridized carbons (Fsp3) is 1.00. The highest BCUT2D eigenvalue weighted by atomic mass is 28.5. The Bertz CT molecular complexity index is 196. The van der Waals surface area contributed by atoms with Crippen molar-refractivity contribution in [3.8, 4) is 0 Å². The van der Waals surface area contributed by atoms with Crippen LogP contribution in [-0.2, 0) is 12.7 Å². The van der Waals surface area contributed by atoms with Gasteiger partial charge >= 0.3 is 17.1 Å². The lowest BCUT2D eigenvalue weighted by atomic mass is 10.5. The molecule has 83 valence electrons. The molecular weight excluding hydrogens is 228 g/mol. The van der Waals surface area contributed by atoms with Crippen LogP contribution in [0, 0.1) is 0 Å². The highest BCUT2D eigenvalue weighted by Gasteiger charge is 2.38. The summed E-state index contributed by atoms with van der Waals surface area (Å²) in [7, 11) is -4.49. The Morgan fingerprint density at radius 3 is 2.36 bits per heavy atom. The van der Waals surface area contributed by atoms with E-state index in [-0.39, 0.29) is 0 Å². The Morgan fingerprint density at radius 2 is 1.71 bits per heavy atom. The van der Waals surface area contributed by atoms with E-state index in [1.165, 1.54) is 6.04 Å². The van der Waals surface area contributed by atoms with E-state index in [4.69, 9.17) is 12.7 Å². The van der Waals surface area contributed by atoms with Gasteiger partial charge in [-0.25, -0.2) is 0 Å². The fourth-order valence-electron chi connectivity index (χ4n) is 1.75. The van der Waals surface area contributed by atoms with Gasteiger partial charge in [-0.3, -0.25) is 0 Å². The summed E-state index contributed by atoms with van der Waals surface area (Å²) in [5, 5.41) is 0. The zero-order valence-corrected chi connectivity index (χ0v) is 12.8. The summed E-state index contributed by atoms with van der Waals surface area (Å²) in [5.74, 6) is 0. The molecule has 0 atom stereocenters. The van der Waals surface area contributed by atoms with Gasteiger partial charge in [0.25, 0.3) is 0 Å². The summed E-state index contributed by atoms with van der Waals surface area (Å²) in [6.45, 7) is 11.5. The predicted molar refractivity (Wildman–Crippen MR) is 64.1 cm³/mol. The van der Waals surface area contributed by atoms with Crippen molar-refractivity contribution >= 4 is 26.2 Å². The van der Waals surface area contributed by atoms with Gasteiger partial charge in [0.15, 0.2) is 9.04 Å². The molecule has 1 aliphatic heterocycles. The van der Waals surface area contributed by atoms with Crippen LogP contribution in [0.15, 0.2) is 0 Å². The first-order chi connectivity index (χ1) is 6.31. The maximum Gasteiger partial charge on any atom is 0.322 e. The highest BCUT2D eigenvalue weighted by Crippen LogP contribution is 2.21. The minimum absolute atomic E-state index is 0.652. The first-order valence-electron chi connectivity index (χ1n) is 5.16. The minimum atomic E-state index is -1.92. The predicted octanol–water partition coefficient (Wildman–Crippen LogP) is 2.46. The van der Waals surface area contributed by atoms with E-state index in [0.717, 1.165) is 13.0 Å². The largest absolute Gasteiger partial charge is 0.436 e. The van der Waals surface area contributed by atoms with E-state index in [9.17, 15) is 0 Å². The van der Waals surface area contributed by atoms with E-state index in [1.54, 1.807) is 0 Å². The maximum atomic E-state index is 6.08. The van der Waals surface area contributed by atoms with Crippen LogP contribution < -0.4 is 0 Å². The Kier molecular flexibility index (Phi) is 4.12. The molecular formula is C8H21O3Si3. The third kappa shape index (κ3) is 4.37. The number of hydrogen-bond donors (Lipinski definition) is 0. The van der Waals surface area contributed by atoms with Gasteiger partial charge in [-0.15, -0.1) is 0 Å². The molecule has 1 radical (unpaired) electrons. The molecule has 1 saturated heterocycles. The molecule has 14 heavy (non-hydrogen) atoms. The molecule has 1 heterocycles. The fourth-order valence-corrected chi connectivity index (χ4v) is 12.3. The monoisotopic (exact) mass is 249 g/mol. The topological polar surface area (TPSA) is 27.7 Å². The van der Waals surface area contributed by atoms with Crippen molar-refractivity contribution in [3.05, 3.63) is 0 Å². The molecule has 0 aromatic rings. The van der Waals surface area contributed by atoms with Gasteiger partial charge in [-0.2, -0.15) is 0 Å². The molecule has 0 spiro atoms. The van der Waals surface area contributed by atoms with Crippen LogP contribution in [0.3, 0.4) is 0 Å². The molecule has 0 saturated carbocycles. The summed E-state index contributed by atoms with van der Waals surface area (Å²) in [5.41, 5.74) is 0. The van der Waals surface area contributed by atoms with E-state index in [2.05, 4.69) is 32.7 Å². The molecule has 0 amide bonds. The molecule has 1 fully saturated rings. The van der Waals surface area contributed by atoms with Crippen LogP contribution in [0.1, 0.15) is 6.42 Å². The quantitative estimate of drug-likeness (QED) is 0.617. The van der Waals surface area contributed by atoms with Crippen molar-refractivity contribution in [2.24, 2.45) is 0 Å². The van der Waals surface area contributed by atoms with Gasteiger partial charge in [-0.1, -0.05) is 0 Å². The van der Waals surface area contributed by atoms with Crippen molar-refractivity contribution in [2.75, 3.05) is 6.61 Å². The summed E-state index contributed by atoms with van der Waals surface area (Å²) in [6, 6.07) is 1.18. The third-order valence-corrected chi connectivity index (χ3v) is 11.3. The number of rotatable bonds is 0. The van der Waals surface area contributed by atoms with Crippen LogP contribution in [0.5, 0.6) is 0 Å². The molecule has 0 aromatic heterocycles. The van der Waals surface area contributed by atoms with Crippen LogP contribution in [0.25, 0.3) is 0 Å². The lowest BCUT2D eigenvalue weighted by Gasteiger charge is -2.32. The molecule has 0 unspecified atom stereocenters. The van der Waals surface area contributed by atoms with Gasteiger partial charge in [0, 0.05) is 6.61 Å². The average Bonchev–Trinajstić information content (AvgIpc) is 1.96. The van der Waals surface area contributed by atoms with Gasteiger partial charge in [0.05, 0.1) is 0 Å². The lowest BCUT2D eigenvalue weighted by molar-refractivity contribution is 0.238. The van der Waals surface area contributed by atoms with E-state index < -0.39 is 26.2 Å². The van der Waals surface area contributed by atoms with Crippen molar-refractivity contribution in [1.82, 2.24) is 0 Å². The summed E-state index contributed by atoms with van der Waals surface area (Å²) >= 11 is 0. The molecule has 0 N–H and O–H groups in total. The summed E-state index contributed by atoms with van der Waals surface area (Å²) < 4.78 is 18.0. The molecule has 1 rings (SSSR count). The SMILES string of the molecule is C[Si]1CCCO[Si](C)(C)O[Si](C)(C)O1. The average molecular weight is 250 g/mol. The van der Waals surface area contributed by atoms with Crippen molar-refractivity contribution in [1.29, 1.82) is 0 Å². The summed E-state index contributed by atoms with van der Waals surface area (Å²) in [4.78, 5) is 0.